The molecule has 1 aromatic heterocycles. The normalized spacial score (nSPS) is 14.5. The minimum absolute atomic E-state index is 0.0448. The number of rotatable bonds is 8. The molecule has 0 saturated carbocycles. The lowest BCUT2D eigenvalue weighted by Crippen LogP contribution is -2.31. The molecule has 0 spiro atoms. The number of aromatic nitrogens is 1. The van der Waals surface area contributed by atoms with E-state index in [4.69, 9.17) is 4.98 Å². The molecule has 31 heavy (non-hydrogen) atoms. The van der Waals surface area contributed by atoms with Gasteiger partial charge in [-0.3, -0.25) is 4.79 Å². The van der Waals surface area contributed by atoms with Crippen molar-refractivity contribution in [2.75, 3.05) is 38.0 Å². The molecule has 0 unspecified atom stereocenters. The van der Waals surface area contributed by atoms with Crippen molar-refractivity contribution in [3.63, 3.8) is 0 Å². The van der Waals surface area contributed by atoms with Gasteiger partial charge in [0.25, 0.3) is 5.91 Å². The molecule has 0 aliphatic carbocycles. The van der Waals surface area contributed by atoms with Crippen LogP contribution in [0.15, 0.2) is 54.6 Å². The van der Waals surface area contributed by atoms with Crippen LogP contribution in [-0.2, 0) is 0 Å². The number of likely N-dealkylation sites (tertiary alicyclic amines) is 1. The molecular formula is C26H32N4O. The van der Waals surface area contributed by atoms with Crippen LogP contribution in [0.1, 0.15) is 43.0 Å². The number of hydrogen-bond donors (Lipinski definition) is 2. The van der Waals surface area contributed by atoms with Crippen LogP contribution in [0.3, 0.4) is 0 Å². The second-order valence-corrected chi connectivity index (χ2v) is 8.19. The monoisotopic (exact) mass is 416 g/mol. The van der Waals surface area contributed by atoms with Crippen LogP contribution in [0.25, 0.3) is 22.2 Å². The number of nitrogens with one attached hydrogen (secondary N) is 2. The van der Waals surface area contributed by atoms with Crippen LogP contribution in [0.4, 0.5) is 5.69 Å². The molecule has 1 fully saturated rings. The first-order chi connectivity index (χ1) is 15.2. The Kier molecular flexibility index (Phi) is 7.15. The number of pyridine rings is 1. The number of carbonyl (C=O) groups excluding carboxylic acids is 1. The molecular weight excluding hydrogens is 384 g/mol. The lowest BCUT2D eigenvalue weighted by molar-refractivity contribution is 0.0956. The Labute approximate surface area is 184 Å². The van der Waals surface area contributed by atoms with Gasteiger partial charge in [0.15, 0.2) is 0 Å². The maximum absolute atomic E-state index is 12.0. The molecule has 5 heteroatoms. The molecule has 2 heterocycles. The molecule has 1 saturated heterocycles. The summed E-state index contributed by atoms with van der Waals surface area (Å²) in [5, 5.41) is 7.63. The van der Waals surface area contributed by atoms with Crippen LogP contribution >= 0.6 is 0 Å². The van der Waals surface area contributed by atoms with Crippen LogP contribution < -0.4 is 10.6 Å². The van der Waals surface area contributed by atoms with Gasteiger partial charge in [-0.15, -0.1) is 0 Å². The zero-order chi connectivity index (χ0) is 21.5. The molecule has 3 aromatic rings. The number of nitrogens with zero attached hydrogens (tertiary/aromatic N) is 2. The van der Waals surface area contributed by atoms with E-state index in [2.05, 4.69) is 39.8 Å². The molecule has 0 bridgehead atoms. The average molecular weight is 417 g/mol. The summed E-state index contributed by atoms with van der Waals surface area (Å²) >= 11 is 0. The Hall–Kier alpha value is -2.92. The summed E-state index contributed by atoms with van der Waals surface area (Å²) in [5.41, 5.74) is 4.69. The molecule has 1 amide bonds. The highest BCUT2D eigenvalue weighted by Crippen LogP contribution is 2.28. The van der Waals surface area contributed by atoms with Gasteiger partial charge in [0.1, 0.15) is 0 Å². The molecule has 5 nitrogen and oxygen atoms in total. The Morgan fingerprint density at radius 3 is 2.58 bits per heavy atom. The van der Waals surface area contributed by atoms with Crippen molar-refractivity contribution >= 4 is 22.5 Å². The van der Waals surface area contributed by atoms with Crippen LogP contribution in [-0.4, -0.2) is 48.5 Å². The van der Waals surface area contributed by atoms with Crippen molar-refractivity contribution in [1.29, 1.82) is 0 Å². The number of carbonyl (C=O) groups is 1. The van der Waals surface area contributed by atoms with Crippen molar-refractivity contribution in [3.8, 4) is 11.3 Å². The largest absolute Gasteiger partial charge is 0.384 e. The fraction of sp³-hybridized carbons (Fsp3) is 0.385. The standard InChI is InChI=1S/C26H32N4O/c1-2-27-26(31)21-13-11-20(12-14-21)24-19-25(22-9-4-5-10-23(22)29-24)28-15-8-18-30-16-6-3-7-17-30/h4-5,9-14,19H,2-3,6-8,15-18H2,1H3,(H,27,31)(H,28,29). The molecule has 162 valence electrons. The predicted octanol–water partition coefficient (Wildman–Crippen LogP) is 4.94. The predicted molar refractivity (Wildman–Crippen MR) is 129 cm³/mol. The van der Waals surface area contributed by atoms with Gasteiger partial charge in [0.05, 0.1) is 11.2 Å². The smallest absolute Gasteiger partial charge is 0.251 e. The molecule has 0 radical (unpaired) electrons. The number of hydrogen-bond acceptors (Lipinski definition) is 4. The van der Waals surface area contributed by atoms with Crippen molar-refractivity contribution in [1.82, 2.24) is 15.2 Å². The summed E-state index contributed by atoms with van der Waals surface area (Å²) in [6, 6.07) is 18.1. The Bertz CT molecular complexity index is 1010. The van der Waals surface area contributed by atoms with E-state index < -0.39 is 0 Å². The summed E-state index contributed by atoms with van der Waals surface area (Å²) in [5.74, 6) is -0.0448. The molecule has 2 aromatic carbocycles. The first kappa shape index (κ1) is 21.3. The zero-order valence-corrected chi connectivity index (χ0v) is 18.4. The first-order valence-corrected chi connectivity index (χ1v) is 11.5. The van der Waals surface area contributed by atoms with E-state index in [1.807, 2.05) is 37.3 Å². The third-order valence-electron chi connectivity index (χ3n) is 5.91. The summed E-state index contributed by atoms with van der Waals surface area (Å²) in [6.07, 6.45) is 5.19. The SMILES string of the molecule is CCNC(=O)c1ccc(-c2cc(NCCCN3CCCCC3)c3ccccc3n2)cc1. The topological polar surface area (TPSA) is 57.3 Å². The van der Waals surface area contributed by atoms with E-state index in [0.29, 0.717) is 12.1 Å². The van der Waals surface area contributed by atoms with Crippen LogP contribution in [0, 0.1) is 0 Å². The van der Waals surface area contributed by atoms with Crippen LogP contribution in [0.2, 0.25) is 0 Å². The molecule has 0 atom stereocenters. The second-order valence-electron chi connectivity index (χ2n) is 8.19. The highest BCUT2D eigenvalue weighted by Gasteiger charge is 2.11. The number of fused-ring (bicyclic) bond motifs is 1. The lowest BCUT2D eigenvalue weighted by atomic mass is 10.1. The molecule has 2 N–H and O–H groups in total. The molecule has 1 aliphatic rings. The summed E-state index contributed by atoms with van der Waals surface area (Å²) in [6.45, 7) is 7.14. The Morgan fingerprint density at radius 2 is 1.81 bits per heavy atom. The van der Waals surface area contributed by atoms with Crippen molar-refractivity contribution in [3.05, 3.63) is 60.2 Å². The minimum atomic E-state index is -0.0448. The number of para-hydroxylation sites is 1. The second kappa shape index (κ2) is 10.4. The van der Waals surface area contributed by atoms with E-state index >= 15 is 0 Å². The van der Waals surface area contributed by atoms with E-state index in [0.717, 1.165) is 47.4 Å². The number of amides is 1. The van der Waals surface area contributed by atoms with Gasteiger partial charge in [-0.25, -0.2) is 4.98 Å². The summed E-state index contributed by atoms with van der Waals surface area (Å²) < 4.78 is 0. The number of anilines is 1. The van der Waals surface area contributed by atoms with Crippen molar-refractivity contribution < 1.29 is 4.79 Å². The highest BCUT2D eigenvalue weighted by molar-refractivity contribution is 5.96. The van der Waals surface area contributed by atoms with Gasteiger partial charge in [-0.1, -0.05) is 36.8 Å². The average Bonchev–Trinajstić information content (AvgIpc) is 2.82. The van der Waals surface area contributed by atoms with Gasteiger partial charge in [-0.2, -0.15) is 0 Å². The maximum atomic E-state index is 12.0. The van der Waals surface area contributed by atoms with Gasteiger partial charge < -0.3 is 15.5 Å². The minimum Gasteiger partial charge on any atom is -0.384 e. The third kappa shape index (κ3) is 5.42. The fourth-order valence-electron chi connectivity index (χ4n) is 4.23. The highest BCUT2D eigenvalue weighted by atomic mass is 16.1. The van der Waals surface area contributed by atoms with E-state index in [-0.39, 0.29) is 5.91 Å². The molecule has 1 aliphatic heterocycles. The quantitative estimate of drug-likeness (QED) is 0.511. The lowest BCUT2D eigenvalue weighted by Gasteiger charge is -2.26. The van der Waals surface area contributed by atoms with E-state index in [1.165, 1.54) is 32.4 Å². The van der Waals surface area contributed by atoms with Gasteiger partial charge >= 0.3 is 0 Å². The van der Waals surface area contributed by atoms with Crippen LogP contribution in [0.5, 0.6) is 0 Å². The first-order valence-electron chi connectivity index (χ1n) is 11.5. The molecule has 4 rings (SSSR count). The Morgan fingerprint density at radius 1 is 1.03 bits per heavy atom. The van der Waals surface area contributed by atoms with E-state index in [9.17, 15) is 4.79 Å². The zero-order valence-electron chi connectivity index (χ0n) is 18.4. The number of benzene rings is 2. The summed E-state index contributed by atoms with van der Waals surface area (Å²) in [7, 11) is 0. The Balaban J connectivity index is 1.50. The van der Waals surface area contributed by atoms with Gasteiger partial charge in [-0.05, 0) is 70.1 Å². The number of piperidine rings is 1. The van der Waals surface area contributed by atoms with Gasteiger partial charge in [0.2, 0.25) is 0 Å². The van der Waals surface area contributed by atoms with Gasteiger partial charge in [0, 0.05) is 35.3 Å². The summed E-state index contributed by atoms with van der Waals surface area (Å²) in [4.78, 5) is 19.5. The maximum Gasteiger partial charge on any atom is 0.251 e. The van der Waals surface area contributed by atoms with Crippen molar-refractivity contribution in [2.45, 2.75) is 32.6 Å². The van der Waals surface area contributed by atoms with E-state index in [1.54, 1.807) is 0 Å². The van der Waals surface area contributed by atoms with Crippen molar-refractivity contribution in [2.24, 2.45) is 0 Å². The fourth-order valence-corrected chi connectivity index (χ4v) is 4.23. The third-order valence-corrected chi connectivity index (χ3v) is 5.91.